The van der Waals surface area contributed by atoms with E-state index in [9.17, 15) is 4.39 Å². The van der Waals surface area contributed by atoms with Crippen LogP contribution >= 0.6 is 11.3 Å². The van der Waals surface area contributed by atoms with Crippen LogP contribution in [0.4, 0.5) is 9.52 Å². The first kappa shape index (κ1) is 14.7. The minimum absolute atomic E-state index is 0.224. The van der Waals surface area contributed by atoms with Crippen LogP contribution in [0.1, 0.15) is 13.3 Å². The molecular formula is C15H21FN4S. The molecule has 1 aliphatic rings. The zero-order chi connectivity index (χ0) is 14.8. The fraction of sp³-hybridized carbons (Fsp3) is 0.533. The normalized spacial score (nSPS) is 18.3. The molecule has 1 aliphatic heterocycles. The lowest BCUT2D eigenvalue weighted by Crippen LogP contribution is -2.49. The maximum atomic E-state index is 13.2. The van der Waals surface area contributed by atoms with Crippen molar-refractivity contribution in [3.05, 3.63) is 24.0 Å². The maximum Gasteiger partial charge on any atom is 0.186 e. The fourth-order valence-electron chi connectivity index (χ4n) is 2.61. The van der Waals surface area contributed by atoms with E-state index in [-0.39, 0.29) is 11.9 Å². The van der Waals surface area contributed by atoms with E-state index < -0.39 is 0 Å². The van der Waals surface area contributed by atoms with Crippen LogP contribution in [-0.2, 0) is 0 Å². The molecule has 1 atom stereocenters. The summed E-state index contributed by atoms with van der Waals surface area (Å²) < 4.78 is 14.3. The standard InChI is InChI=1S/C15H21FN4S/c1-2-12(17)10-19-5-7-20(8-6-19)15-18-13-9-11(16)3-4-14(13)21-15/h3-4,9,12H,2,5-8,10,17H2,1H3. The molecule has 6 heteroatoms. The minimum Gasteiger partial charge on any atom is -0.345 e. The van der Waals surface area contributed by atoms with Crippen LogP contribution in [-0.4, -0.2) is 48.6 Å². The average Bonchev–Trinajstić information content (AvgIpc) is 2.90. The highest BCUT2D eigenvalue weighted by Gasteiger charge is 2.20. The van der Waals surface area contributed by atoms with Crippen molar-refractivity contribution in [2.75, 3.05) is 37.6 Å². The Hall–Kier alpha value is -1.24. The number of halogens is 1. The second-order valence-electron chi connectivity index (χ2n) is 5.56. The number of hydrogen-bond acceptors (Lipinski definition) is 5. The number of benzene rings is 1. The van der Waals surface area contributed by atoms with E-state index in [0.717, 1.165) is 54.5 Å². The molecule has 1 aromatic carbocycles. The molecule has 1 unspecified atom stereocenters. The largest absolute Gasteiger partial charge is 0.345 e. The highest BCUT2D eigenvalue weighted by atomic mass is 32.1. The summed E-state index contributed by atoms with van der Waals surface area (Å²) in [4.78, 5) is 9.26. The van der Waals surface area contributed by atoms with Crippen molar-refractivity contribution in [3.8, 4) is 0 Å². The van der Waals surface area contributed by atoms with E-state index in [2.05, 4.69) is 21.7 Å². The van der Waals surface area contributed by atoms with Gasteiger partial charge in [0.1, 0.15) is 5.82 Å². The highest BCUT2D eigenvalue weighted by molar-refractivity contribution is 7.22. The molecule has 2 N–H and O–H groups in total. The molecule has 0 aliphatic carbocycles. The van der Waals surface area contributed by atoms with E-state index in [1.54, 1.807) is 11.3 Å². The van der Waals surface area contributed by atoms with Crippen molar-refractivity contribution in [1.29, 1.82) is 0 Å². The Labute approximate surface area is 128 Å². The van der Waals surface area contributed by atoms with Crippen LogP contribution in [0.25, 0.3) is 10.2 Å². The third-order valence-electron chi connectivity index (χ3n) is 4.00. The molecule has 21 heavy (non-hydrogen) atoms. The van der Waals surface area contributed by atoms with Crippen LogP contribution in [0.2, 0.25) is 0 Å². The number of thiazole rings is 1. The zero-order valence-corrected chi connectivity index (χ0v) is 13.1. The van der Waals surface area contributed by atoms with Gasteiger partial charge in [0.05, 0.1) is 10.2 Å². The van der Waals surface area contributed by atoms with Crippen molar-refractivity contribution in [2.45, 2.75) is 19.4 Å². The molecule has 0 spiro atoms. The smallest absolute Gasteiger partial charge is 0.186 e. The lowest BCUT2D eigenvalue weighted by molar-refractivity contribution is 0.241. The summed E-state index contributed by atoms with van der Waals surface area (Å²) >= 11 is 1.64. The number of hydrogen-bond donors (Lipinski definition) is 1. The molecule has 2 heterocycles. The Morgan fingerprint density at radius 3 is 2.81 bits per heavy atom. The van der Waals surface area contributed by atoms with Crippen molar-refractivity contribution in [2.24, 2.45) is 5.73 Å². The Bertz CT molecular complexity index is 607. The molecule has 4 nitrogen and oxygen atoms in total. The number of rotatable bonds is 4. The van der Waals surface area contributed by atoms with Gasteiger partial charge in [-0.25, -0.2) is 9.37 Å². The van der Waals surface area contributed by atoms with Gasteiger partial charge in [0, 0.05) is 44.8 Å². The lowest BCUT2D eigenvalue weighted by Gasteiger charge is -2.35. The second-order valence-corrected chi connectivity index (χ2v) is 6.57. The van der Waals surface area contributed by atoms with Crippen molar-refractivity contribution >= 4 is 26.7 Å². The summed E-state index contributed by atoms with van der Waals surface area (Å²) in [5.74, 6) is -0.224. The van der Waals surface area contributed by atoms with Crippen molar-refractivity contribution in [3.63, 3.8) is 0 Å². The van der Waals surface area contributed by atoms with Gasteiger partial charge in [-0.1, -0.05) is 18.3 Å². The van der Waals surface area contributed by atoms with Crippen LogP contribution in [0, 0.1) is 5.82 Å². The van der Waals surface area contributed by atoms with E-state index in [1.165, 1.54) is 12.1 Å². The topological polar surface area (TPSA) is 45.4 Å². The van der Waals surface area contributed by atoms with Gasteiger partial charge in [0.25, 0.3) is 0 Å². The monoisotopic (exact) mass is 308 g/mol. The summed E-state index contributed by atoms with van der Waals surface area (Å²) in [6, 6.07) is 5.07. The van der Waals surface area contributed by atoms with Gasteiger partial charge in [-0.2, -0.15) is 0 Å². The Morgan fingerprint density at radius 2 is 2.10 bits per heavy atom. The molecule has 114 valence electrons. The quantitative estimate of drug-likeness (QED) is 0.941. The first-order valence-electron chi connectivity index (χ1n) is 7.44. The molecule has 1 saturated heterocycles. The number of anilines is 1. The number of piperazine rings is 1. The molecule has 3 rings (SSSR count). The summed E-state index contributed by atoms with van der Waals surface area (Å²) in [6.07, 6.45) is 1.02. The zero-order valence-electron chi connectivity index (χ0n) is 12.3. The molecule has 1 aromatic heterocycles. The number of aromatic nitrogens is 1. The van der Waals surface area contributed by atoms with Crippen LogP contribution in [0.3, 0.4) is 0 Å². The van der Waals surface area contributed by atoms with Crippen LogP contribution < -0.4 is 10.6 Å². The SMILES string of the molecule is CCC(N)CN1CCN(c2nc3cc(F)ccc3s2)CC1. The summed E-state index contributed by atoms with van der Waals surface area (Å²) in [6.45, 7) is 7.03. The molecule has 2 aromatic rings. The predicted molar refractivity (Wildman–Crippen MR) is 86.5 cm³/mol. The highest BCUT2D eigenvalue weighted by Crippen LogP contribution is 2.29. The van der Waals surface area contributed by atoms with E-state index in [1.807, 2.05) is 6.07 Å². The van der Waals surface area contributed by atoms with Crippen molar-refractivity contribution in [1.82, 2.24) is 9.88 Å². The van der Waals surface area contributed by atoms with Crippen LogP contribution in [0.5, 0.6) is 0 Å². The lowest BCUT2D eigenvalue weighted by atomic mass is 10.2. The van der Waals surface area contributed by atoms with Gasteiger partial charge in [-0.15, -0.1) is 0 Å². The third kappa shape index (κ3) is 3.33. The maximum absolute atomic E-state index is 13.2. The fourth-order valence-corrected chi connectivity index (χ4v) is 3.60. The van der Waals surface area contributed by atoms with E-state index >= 15 is 0 Å². The Kier molecular flexibility index (Phi) is 4.37. The van der Waals surface area contributed by atoms with Gasteiger partial charge < -0.3 is 10.6 Å². The van der Waals surface area contributed by atoms with E-state index in [4.69, 9.17) is 5.73 Å². The Morgan fingerprint density at radius 1 is 1.33 bits per heavy atom. The number of nitrogens with two attached hydrogens (primary N) is 1. The van der Waals surface area contributed by atoms with Gasteiger partial charge in [-0.3, -0.25) is 4.90 Å². The van der Waals surface area contributed by atoms with Crippen LogP contribution in [0.15, 0.2) is 18.2 Å². The predicted octanol–water partition coefficient (Wildman–Crippen LogP) is 2.29. The van der Waals surface area contributed by atoms with E-state index in [0.29, 0.717) is 0 Å². The number of nitrogens with zero attached hydrogens (tertiary/aromatic N) is 3. The minimum atomic E-state index is -0.224. The van der Waals surface area contributed by atoms with Crippen molar-refractivity contribution < 1.29 is 4.39 Å². The van der Waals surface area contributed by atoms with Gasteiger partial charge >= 0.3 is 0 Å². The first-order chi connectivity index (χ1) is 10.2. The molecular weight excluding hydrogens is 287 g/mol. The molecule has 1 fully saturated rings. The molecule has 0 radical (unpaired) electrons. The molecule has 0 amide bonds. The summed E-state index contributed by atoms with van der Waals surface area (Å²) in [5.41, 5.74) is 6.77. The Balaban J connectivity index is 1.65. The number of fused-ring (bicyclic) bond motifs is 1. The van der Waals surface area contributed by atoms with Gasteiger partial charge in [-0.05, 0) is 18.6 Å². The summed E-state index contributed by atoms with van der Waals surface area (Å²) in [5, 5.41) is 0.995. The molecule has 0 bridgehead atoms. The third-order valence-corrected chi connectivity index (χ3v) is 5.10. The average molecular weight is 308 g/mol. The van der Waals surface area contributed by atoms with Gasteiger partial charge in [0.15, 0.2) is 5.13 Å². The first-order valence-corrected chi connectivity index (χ1v) is 8.26. The summed E-state index contributed by atoms with van der Waals surface area (Å²) in [7, 11) is 0. The second kappa shape index (κ2) is 6.25. The van der Waals surface area contributed by atoms with Gasteiger partial charge in [0.2, 0.25) is 0 Å². The molecule has 0 saturated carbocycles.